The van der Waals surface area contributed by atoms with E-state index in [0.29, 0.717) is 0 Å². The second-order valence-electron chi connectivity index (χ2n) is 14.5. The molecule has 0 atom stereocenters. The molecule has 5 heteroatoms. The lowest BCUT2D eigenvalue weighted by molar-refractivity contribution is 1.08. The summed E-state index contributed by atoms with van der Waals surface area (Å²) in [6.45, 7) is 0. The van der Waals surface area contributed by atoms with Crippen LogP contribution in [0.15, 0.2) is 170 Å². The van der Waals surface area contributed by atoms with Gasteiger partial charge in [-0.15, -0.1) is 11.3 Å². The molecule has 1 aliphatic rings. The summed E-state index contributed by atoms with van der Waals surface area (Å²) in [7, 11) is 0. The van der Waals surface area contributed by atoms with Crippen molar-refractivity contribution in [1.29, 1.82) is 0 Å². The minimum atomic E-state index is 0.828. The molecule has 0 spiro atoms. The van der Waals surface area contributed by atoms with Gasteiger partial charge in [0.25, 0.3) is 0 Å². The molecule has 254 valence electrons. The van der Waals surface area contributed by atoms with Crippen LogP contribution in [0.25, 0.3) is 120 Å². The van der Waals surface area contributed by atoms with Crippen molar-refractivity contribution in [2.45, 2.75) is 0 Å². The summed E-state index contributed by atoms with van der Waals surface area (Å²) in [4.78, 5) is 10.9. The summed E-state index contributed by atoms with van der Waals surface area (Å²) in [5.74, 6) is 0.828. The first-order valence-corrected chi connectivity index (χ1v) is 19.5. The van der Waals surface area contributed by atoms with Crippen molar-refractivity contribution in [3.05, 3.63) is 170 Å². The van der Waals surface area contributed by atoms with Gasteiger partial charge in [0.1, 0.15) is 5.69 Å². The number of nitrogens with zero attached hydrogens (tertiary/aromatic N) is 4. The minimum Gasteiger partial charge on any atom is -0.308 e. The zero-order valence-corrected chi connectivity index (χ0v) is 30.2. The molecule has 1 aliphatic heterocycles. The van der Waals surface area contributed by atoms with Crippen LogP contribution in [0.2, 0.25) is 0 Å². The molecule has 55 heavy (non-hydrogen) atoms. The highest BCUT2D eigenvalue weighted by Gasteiger charge is 2.26. The average molecular weight is 717 g/mol. The number of fused-ring (bicyclic) bond motifs is 15. The Hall–Kier alpha value is -7.08. The largest absolute Gasteiger partial charge is 0.308 e. The van der Waals surface area contributed by atoms with E-state index in [1.165, 1.54) is 80.7 Å². The fraction of sp³-hybridized carbons (Fsp3) is 0. The number of para-hydroxylation sites is 5. The van der Waals surface area contributed by atoms with Gasteiger partial charge in [0.05, 0.1) is 38.8 Å². The van der Waals surface area contributed by atoms with Crippen LogP contribution in [-0.2, 0) is 0 Å². The van der Waals surface area contributed by atoms with Crippen LogP contribution in [0.1, 0.15) is 0 Å². The summed E-state index contributed by atoms with van der Waals surface area (Å²) in [6.07, 6.45) is 0. The highest BCUT2D eigenvalue weighted by molar-refractivity contribution is 7.25. The zero-order chi connectivity index (χ0) is 35.8. The fourth-order valence-corrected chi connectivity index (χ4v) is 10.4. The first kappa shape index (κ1) is 29.4. The normalized spacial score (nSPS) is 12.4. The lowest BCUT2D eigenvalue weighted by Gasteiger charge is -2.14. The van der Waals surface area contributed by atoms with Gasteiger partial charge in [-0.05, 0) is 59.7 Å². The van der Waals surface area contributed by atoms with Crippen molar-refractivity contribution in [3.8, 4) is 45.0 Å². The number of rotatable bonds is 2. The lowest BCUT2D eigenvalue weighted by Crippen LogP contribution is -2.03. The molecular weight excluding hydrogens is 689 g/mol. The van der Waals surface area contributed by atoms with E-state index in [2.05, 4.69) is 167 Å². The third kappa shape index (κ3) is 3.94. The molecule has 0 fully saturated rings. The van der Waals surface area contributed by atoms with Crippen molar-refractivity contribution in [2.24, 2.45) is 0 Å². The first-order chi connectivity index (χ1) is 27.3. The van der Waals surface area contributed by atoms with E-state index in [1.54, 1.807) is 0 Å². The van der Waals surface area contributed by atoms with E-state index in [1.807, 2.05) is 23.5 Å². The number of hydrogen-bond donors (Lipinski definition) is 0. The van der Waals surface area contributed by atoms with Gasteiger partial charge in [-0.3, -0.25) is 4.57 Å². The van der Waals surface area contributed by atoms with Gasteiger partial charge < -0.3 is 4.57 Å². The monoisotopic (exact) mass is 716 g/mol. The number of benzene rings is 8. The minimum absolute atomic E-state index is 0.828. The highest BCUT2D eigenvalue weighted by Crippen LogP contribution is 2.48. The summed E-state index contributed by atoms with van der Waals surface area (Å²) in [6, 6.07) is 61.7. The van der Waals surface area contributed by atoms with Gasteiger partial charge in [-0.25, -0.2) is 9.97 Å². The quantitative estimate of drug-likeness (QED) is 0.179. The molecule has 0 N–H and O–H groups in total. The molecule has 4 nitrogen and oxygen atoms in total. The lowest BCUT2D eigenvalue weighted by atomic mass is 9.94. The Morgan fingerprint density at radius 2 is 1.00 bits per heavy atom. The van der Waals surface area contributed by atoms with E-state index >= 15 is 0 Å². The highest BCUT2D eigenvalue weighted by atomic mass is 32.1. The predicted molar refractivity (Wildman–Crippen MR) is 231 cm³/mol. The Balaban J connectivity index is 1.16. The number of thiophene rings is 1. The van der Waals surface area contributed by atoms with Crippen LogP contribution in [-0.4, -0.2) is 19.1 Å². The van der Waals surface area contributed by atoms with Crippen LogP contribution in [0.5, 0.6) is 0 Å². The molecule has 8 aromatic carbocycles. The van der Waals surface area contributed by atoms with Crippen molar-refractivity contribution in [2.75, 3.05) is 0 Å². The SMILES string of the molecule is c1ccc2c(c1)-c1ccccc1-n1c3cc4c5ccccc5n(-c5nc6ccccc6nc5-c5ccc6c(c5)sc5ccccc56)c4cc3c3cccc-2c31. The molecule has 0 aliphatic carbocycles. The predicted octanol–water partition coefficient (Wildman–Crippen LogP) is 13.5. The third-order valence-electron chi connectivity index (χ3n) is 11.6. The average Bonchev–Trinajstić information content (AvgIpc) is 3.86. The Kier molecular flexibility index (Phi) is 5.74. The fourth-order valence-electron chi connectivity index (χ4n) is 9.29. The van der Waals surface area contributed by atoms with Crippen LogP contribution >= 0.6 is 11.3 Å². The van der Waals surface area contributed by atoms with Crippen molar-refractivity contribution >= 4 is 86.2 Å². The molecule has 0 amide bonds. The van der Waals surface area contributed by atoms with Gasteiger partial charge in [0.2, 0.25) is 0 Å². The zero-order valence-electron chi connectivity index (χ0n) is 29.4. The first-order valence-electron chi connectivity index (χ1n) is 18.7. The maximum absolute atomic E-state index is 5.47. The molecule has 0 saturated carbocycles. The van der Waals surface area contributed by atoms with E-state index in [-0.39, 0.29) is 0 Å². The van der Waals surface area contributed by atoms with Gasteiger partial charge in [-0.2, -0.15) is 0 Å². The van der Waals surface area contributed by atoms with Crippen molar-refractivity contribution < 1.29 is 0 Å². The molecule has 0 bridgehead atoms. The van der Waals surface area contributed by atoms with E-state index in [0.717, 1.165) is 39.1 Å². The molecular formula is C50H28N4S. The van der Waals surface area contributed by atoms with Gasteiger partial charge in [-0.1, -0.05) is 121 Å². The summed E-state index contributed by atoms with van der Waals surface area (Å²) >= 11 is 1.83. The van der Waals surface area contributed by atoms with Gasteiger partial charge in [0, 0.05) is 58.4 Å². The van der Waals surface area contributed by atoms with Crippen molar-refractivity contribution in [3.63, 3.8) is 0 Å². The Morgan fingerprint density at radius 1 is 0.382 bits per heavy atom. The molecule has 4 aromatic heterocycles. The Labute approximate surface area is 318 Å². The van der Waals surface area contributed by atoms with Gasteiger partial charge in [0.15, 0.2) is 5.82 Å². The molecule has 0 saturated heterocycles. The summed E-state index contributed by atoms with van der Waals surface area (Å²) < 4.78 is 7.40. The van der Waals surface area contributed by atoms with Crippen molar-refractivity contribution in [1.82, 2.24) is 19.1 Å². The maximum atomic E-state index is 5.47. The number of hydrogen-bond acceptors (Lipinski definition) is 3. The molecule has 13 rings (SSSR count). The second kappa shape index (κ2) is 10.8. The molecule has 12 aromatic rings. The maximum Gasteiger partial charge on any atom is 0.165 e. The van der Waals surface area contributed by atoms with E-state index in [4.69, 9.17) is 9.97 Å². The molecule has 0 unspecified atom stereocenters. The standard InChI is InChI=1S/C50H28N4S/c1-2-13-31-30(12-1)32-14-3-8-21-42(32)53-44-27-38-33-15-4-9-22-43(33)54(45(38)28-39(44)37-18-11-17-36(31)49(37)53)50-48(51-40-19-6-7-20-41(40)52-50)29-24-25-35-34-16-5-10-23-46(34)55-47(35)26-29/h1-28H. The van der Waals surface area contributed by atoms with Crippen LogP contribution in [0.3, 0.4) is 0 Å². The van der Waals surface area contributed by atoms with E-state index < -0.39 is 0 Å². The third-order valence-corrected chi connectivity index (χ3v) is 12.8. The van der Waals surface area contributed by atoms with Crippen LogP contribution in [0.4, 0.5) is 0 Å². The summed E-state index contributed by atoms with van der Waals surface area (Å²) in [5.41, 5.74) is 14.5. The van der Waals surface area contributed by atoms with Gasteiger partial charge >= 0.3 is 0 Å². The summed E-state index contributed by atoms with van der Waals surface area (Å²) in [5, 5.41) is 7.38. The smallest absolute Gasteiger partial charge is 0.165 e. The molecule has 5 heterocycles. The number of aromatic nitrogens is 4. The second-order valence-corrected chi connectivity index (χ2v) is 15.6. The van der Waals surface area contributed by atoms with Crippen LogP contribution in [0, 0.1) is 0 Å². The topological polar surface area (TPSA) is 35.6 Å². The van der Waals surface area contributed by atoms with Crippen LogP contribution < -0.4 is 0 Å². The Bertz CT molecular complexity index is 3620. The Morgan fingerprint density at radius 3 is 1.87 bits per heavy atom. The van der Waals surface area contributed by atoms with E-state index in [9.17, 15) is 0 Å². The molecule has 0 radical (unpaired) electrons.